The second-order valence-electron chi connectivity index (χ2n) is 3.20. The van der Waals surface area contributed by atoms with Crippen molar-refractivity contribution in [2.75, 3.05) is 25.9 Å². The van der Waals surface area contributed by atoms with Gasteiger partial charge < -0.3 is 9.74 Å². The Morgan fingerprint density at radius 1 is 1.64 bits per heavy atom. The predicted molar refractivity (Wildman–Crippen MR) is 49.2 cm³/mol. The van der Waals surface area contributed by atoms with Crippen LogP contribution in [0.15, 0.2) is 0 Å². The summed E-state index contributed by atoms with van der Waals surface area (Å²) in [7, 11) is -0.280. The summed E-state index contributed by atoms with van der Waals surface area (Å²) in [6, 6.07) is 0. The molecule has 0 spiro atoms. The van der Waals surface area contributed by atoms with Crippen LogP contribution >= 0.6 is 0 Å². The minimum Gasteiger partial charge on any atom is -0.420 e. The van der Waals surface area contributed by atoms with E-state index in [-0.39, 0.29) is 9.76 Å². The molecule has 1 rings (SSSR count). The molecule has 0 saturated carbocycles. The van der Waals surface area contributed by atoms with Crippen molar-refractivity contribution in [3.63, 3.8) is 0 Å². The first-order valence-electron chi connectivity index (χ1n) is 4.33. The van der Waals surface area contributed by atoms with Crippen molar-refractivity contribution < 1.29 is 4.43 Å². The highest BCUT2D eigenvalue weighted by Crippen LogP contribution is 1.92. The maximum absolute atomic E-state index is 5.57. The van der Waals surface area contributed by atoms with Gasteiger partial charge in [-0.25, -0.2) is 0 Å². The first-order valence-corrected chi connectivity index (χ1v) is 5.91. The summed E-state index contributed by atoms with van der Waals surface area (Å²) in [6.45, 7) is 7.63. The van der Waals surface area contributed by atoms with Crippen LogP contribution in [0.4, 0.5) is 0 Å². The highest BCUT2D eigenvalue weighted by molar-refractivity contribution is 6.27. The van der Waals surface area contributed by atoms with Crippen LogP contribution in [-0.2, 0) is 4.43 Å². The van der Waals surface area contributed by atoms with E-state index in [4.69, 9.17) is 4.43 Å². The molecule has 1 fully saturated rings. The fourth-order valence-electron chi connectivity index (χ4n) is 1.16. The third-order valence-electron chi connectivity index (χ3n) is 1.80. The van der Waals surface area contributed by atoms with Crippen LogP contribution in [0.1, 0.15) is 13.8 Å². The van der Waals surface area contributed by atoms with Crippen molar-refractivity contribution in [1.29, 1.82) is 0 Å². The maximum atomic E-state index is 5.57. The largest absolute Gasteiger partial charge is 0.420 e. The van der Waals surface area contributed by atoms with Gasteiger partial charge in [-0.3, -0.25) is 4.90 Å². The minimum absolute atomic E-state index is 0.280. The summed E-state index contributed by atoms with van der Waals surface area (Å²) < 4.78 is 5.57. The molecule has 0 radical (unpaired) electrons. The van der Waals surface area contributed by atoms with Crippen LogP contribution in [0, 0.1) is 0 Å². The van der Waals surface area contributed by atoms with E-state index < -0.39 is 0 Å². The van der Waals surface area contributed by atoms with Crippen LogP contribution in [-0.4, -0.2) is 46.7 Å². The predicted octanol–water partition coefficient (Wildman–Crippen LogP) is -0.685. The SMILES string of the molecule is CC(C)O[SiH2]CN1CCNC1. The first-order chi connectivity index (χ1) is 5.29. The number of nitrogens with one attached hydrogen (secondary N) is 1. The zero-order valence-corrected chi connectivity index (χ0v) is 8.88. The molecule has 1 heterocycles. The van der Waals surface area contributed by atoms with Gasteiger partial charge in [0.25, 0.3) is 0 Å². The summed E-state index contributed by atoms with van der Waals surface area (Å²) in [5.74, 6) is 0. The minimum atomic E-state index is -0.280. The van der Waals surface area contributed by atoms with Crippen LogP contribution < -0.4 is 5.32 Å². The Labute approximate surface area is 71.0 Å². The quantitative estimate of drug-likeness (QED) is 0.571. The molecule has 4 heteroatoms. The highest BCUT2D eigenvalue weighted by atomic mass is 28.2. The molecule has 1 saturated heterocycles. The van der Waals surface area contributed by atoms with E-state index in [2.05, 4.69) is 24.1 Å². The lowest BCUT2D eigenvalue weighted by Crippen LogP contribution is -2.29. The fraction of sp³-hybridized carbons (Fsp3) is 1.00. The van der Waals surface area contributed by atoms with Gasteiger partial charge in [-0.2, -0.15) is 0 Å². The molecule has 0 atom stereocenters. The molecule has 1 aliphatic rings. The Morgan fingerprint density at radius 2 is 2.45 bits per heavy atom. The number of hydrogen-bond donors (Lipinski definition) is 1. The molecule has 0 unspecified atom stereocenters. The van der Waals surface area contributed by atoms with Gasteiger partial charge >= 0.3 is 0 Å². The standard InChI is InChI=1S/C7H18N2OSi/c1-7(2)10-11-6-9-4-3-8-5-9/h7-8H,3-6,11H2,1-2H3. The molecule has 0 aromatic heterocycles. The maximum Gasteiger partial charge on any atom is 0.175 e. The smallest absolute Gasteiger partial charge is 0.175 e. The molecule has 0 aromatic rings. The number of hydrogen-bond acceptors (Lipinski definition) is 3. The summed E-state index contributed by atoms with van der Waals surface area (Å²) in [5.41, 5.74) is 0. The first kappa shape index (κ1) is 9.19. The van der Waals surface area contributed by atoms with Crippen LogP contribution in [0.25, 0.3) is 0 Å². The summed E-state index contributed by atoms with van der Waals surface area (Å²) >= 11 is 0. The van der Waals surface area contributed by atoms with Crippen LogP contribution in [0.3, 0.4) is 0 Å². The lowest BCUT2D eigenvalue weighted by molar-refractivity contribution is 0.243. The molecule has 66 valence electrons. The van der Waals surface area contributed by atoms with Gasteiger partial charge in [-0.15, -0.1) is 0 Å². The third-order valence-corrected chi connectivity index (χ3v) is 3.52. The second-order valence-corrected chi connectivity index (χ2v) is 4.38. The van der Waals surface area contributed by atoms with Gasteiger partial charge in [0.1, 0.15) is 0 Å². The summed E-state index contributed by atoms with van der Waals surface area (Å²) in [5, 5.41) is 3.30. The Kier molecular flexibility index (Phi) is 4.07. The molecule has 0 amide bonds. The Morgan fingerprint density at radius 3 is 3.00 bits per heavy atom. The Bertz CT molecular complexity index is 105. The molecule has 0 bridgehead atoms. The van der Waals surface area contributed by atoms with Crippen molar-refractivity contribution >= 4 is 9.76 Å². The zero-order valence-electron chi connectivity index (χ0n) is 7.47. The normalized spacial score (nSPS) is 21.0. The fourth-order valence-corrected chi connectivity index (χ4v) is 2.38. The van der Waals surface area contributed by atoms with Crippen LogP contribution in [0.5, 0.6) is 0 Å². The van der Waals surface area contributed by atoms with E-state index in [1.165, 1.54) is 12.7 Å². The number of rotatable bonds is 4. The van der Waals surface area contributed by atoms with E-state index in [0.717, 1.165) is 13.2 Å². The lowest BCUT2D eigenvalue weighted by Gasteiger charge is -2.14. The van der Waals surface area contributed by atoms with Crippen molar-refractivity contribution in [3.8, 4) is 0 Å². The molecular formula is C7H18N2OSi. The summed E-state index contributed by atoms with van der Waals surface area (Å²) in [4.78, 5) is 2.43. The van der Waals surface area contributed by atoms with Gasteiger partial charge in [0, 0.05) is 32.0 Å². The number of nitrogens with zero attached hydrogens (tertiary/aromatic N) is 1. The van der Waals surface area contributed by atoms with Crippen LogP contribution in [0.2, 0.25) is 0 Å². The highest BCUT2D eigenvalue weighted by Gasteiger charge is 2.09. The molecule has 0 aromatic carbocycles. The van der Waals surface area contributed by atoms with Crippen molar-refractivity contribution in [2.24, 2.45) is 0 Å². The van der Waals surface area contributed by atoms with Crippen molar-refractivity contribution in [2.45, 2.75) is 20.0 Å². The van der Waals surface area contributed by atoms with Gasteiger partial charge in [-0.05, 0) is 13.8 Å². The molecule has 3 nitrogen and oxygen atoms in total. The molecule has 11 heavy (non-hydrogen) atoms. The molecule has 0 aliphatic carbocycles. The average molecular weight is 174 g/mol. The van der Waals surface area contributed by atoms with E-state index >= 15 is 0 Å². The van der Waals surface area contributed by atoms with Gasteiger partial charge in [-0.1, -0.05) is 0 Å². The van der Waals surface area contributed by atoms with E-state index in [1.807, 2.05) is 0 Å². The Hall–Kier alpha value is 0.0969. The van der Waals surface area contributed by atoms with Crippen molar-refractivity contribution in [1.82, 2.24) is 10.2 Å². The van der Waals surface area contributed by atoms with Gasteiger partial charge in [0.2, 0.25) is 0 Å². The molecule has 1 N–H and O–H groups in total. The van der Waals surface area contributed by atoms with E-state index in [9.17, 15) is 0 Å². The van der Waals surface area contributed by atoms with Gasteiger partial charge in [0.15, 0.2) is 9.76 Å². The monoisotopic (exact) mass is 174 g/mol. The average Bonchev–Trinajstić information content (AvgIpc) is 2.39. The third kappa shape index (κ3) is 3.86. The van der Waals surface area contributed by atoms with E-state index in [0.29, 0.717) is 6.10 Å². The zero-order chi connectivity index (χ0) is 8.10. The molecule has 1 aliphatic heterocycles. The second kappa shape index (κ2) is 4.87. The molecular weight excluding hydrogens is 156 g/mol. The summed E-state index contributed by atoms with van der Waals surface area (Å²) in [6.07, 6.45) is 1.63. The lowest BCUT2D eigenvalue weighted by atomic mass is 10.5. The van der Waals surface area contributed by atoms with Crippen molar-refractivity contribution in [3.05, 3.63) is 0 Å². The topological polar surface area (TPSA) is 24.5 Å². The van der Waals surface area contributed by atoms with Gasteiger partial charge in [0.05, 0.1) is 0 Å². The Balaban J connectivity index is 1.94. The van der Waals surface area contributed by atoms with E-state index in [1.54, 1.807) is 0 Å².